The Morgan fingerprint density at radius 2 is 1.66 bits per heavy atom. The van der Waals surface area contributed by atoms with Crippen LogP contribution < -0.4 is 0 Å². The van der Waals surface area contributed by atoms with Crippen LogP contribution in [0.4, 0.5) is 0 Å². The average molecular weight is 441 g/mol. The second-order valence-corrected chi connectivity index (χ2v) is 14.1. The molecule has 4 aliphatic rings. The van der Waals surface area contributed by atoms with Gasteiger partial charge in [0.15, 0.2) is 0 Å². The fourth-order valence-corrected chi connectivity index (χ4v) is 9.57. The Bertz CT molecular complexity index is 797. The van der Waals surface area contributed by atoms with Gasteiger partial charge < -0.3 is 5.11 Å². The number of hydrogen-bond donors (Lipinski definition) is 1. The zero-order valence-corrected chi connectivity index (χ0v) is 22.8. The van der Waals surface area contributed by atoms with E-state index in [4.69, 9.17) is 0 Å². The first-order valence-electron chi connectivity index (χ1n) is 13.8. The van der Waals surface area contributed by atoms with Gasteiger partial charge >= 0.3 is 0 Å². The van der Waals surface area contributed by atoms with Crippen molar-refractivity contribution in [3.05, 3.63) is 22.8 Å². The summed E-state index contributed by atoms with van der Waals surface area (Å²) in [4.78, 5) is 0. The van der Waals surface area contributed by atoms with Crippen molar-refractivity contribution in [1.82, 2.24) is 0 Å². The Kier molecular flexibility index (Phi) is 6.14. The molecule has 8 unspecified atom stereocenters. The van der Waals surface area contributed by atoms with Gasteiger partial charge in [-0.3, -0.25) is 0 Å². The van der Waals surface area contributed by atoms with Crippen LogP contribution >= 0.6 is 0 Å². The fourth-order valence-electron chi connectivity index (χ4n) is 9.57. The van der Waals surface area contributed by atoms with Crippen LogP contribution in [0.25, 0.3) is 0 Å². The first kappa shape index (κ1) is 24.6. The quantitative estimate of drug-likeness (QED) is 0.433. The van der Waals surface area contributed by atoms with E-state index in [2.05, 4.69) is 68.4 Å². The molecule has 4 rings (SSSR count). The van der Waals surface area contributed by atoms with Gasteiger partial charge in [-0.15, -0.1) is 0 Å². The molecule has 32 heavy (non-hydrogen) atoms. The zero-order valence-electron chi connectivity index (χ0n) is 22.8. The summed E-state index contributed by atoms with van der Waals surface area (Å²) in [6.45, 7) is 22.0. The van der Waals surface area contributed by atoms with Crippen LogP contribution in [-0.4, -0.2) is 11.2 Å². The van der Waals surface area contributed by atoms with E-state index in [1.54, 1.807) is 5.57 Å². The van der Waals surface area contributed by atoms with E-state index in [1.807, 2.05) is 5.57 Å². The molecule has 3 saturated carbocycles. The molecule has 0 aromatic carbocycles. The van der Waals surface area contributed by atoms with Crippen LogP contribution in [0.5, 0.6) is 0 Å². The Labute approximate surface area is 199 Å². The number of aliphatic hydroxyl groups is 1. The minimum atomic E-state index is -0.136. The number of fused-ring (bicyclic) bond motifs is 5. The summed E-state index contributed by atoms with van der Waals surface area (Å²) in [7, 11) is 0. The summed E-state index contributed by atoms with van der Waals surface area (Å²) in [5.41, 5.74) is 6.12. The molecule has 0 aromatic rings. The van der Waals surface area contributed by atoms with Gasteiger partial charge in [-0.05, 0) is 124 Å². The smallest absolute Gasteiger partial charge is 0.0594 e. The first-order chi connectivity index (χ1) is 14.8. The second kappa shape index (κ2) is 8.00. The van der Waals surface area contributed by atoms with E-state index in [-0.39, 0.29) is 11.5 Å². The minimum Gasteiger partial charge on any atom is -0.393 e. The van der Waals surface area contributed by atoms with E-state index in [0.717, 1.165) is 24.2 Å². The maximum absolute atomic E-state index is 10.8. The molecule has 0 aromatic heterocycles. The number of hydrogen-bond acceptors (Lipinski definition) is 1. The predicted octanol–water partition coefficient (Wildman–Crippen LogP) is 8.73. The highest BCUT2D eigenvalue weighted by molar-refractivity contribution is 5.32. The first-order valence-corrected chi connectivity index (χ1v) is 13.8. The molecular weight excluding hydrogens is 388 g/mol. The third-order valence-electron chi connectivity index (χ3n) is 12.4. The molecule has 1 N–H and O–H groups in total. The molecule has 0 aliphatic heterocycles. The lowest BCUT2D eigenvalue weighted by Gasteiger charge is -2.64. The SMILES string of the molecule is CC(C)=C(C)CCC(C)C1CCC2(C)C3CCC4C(C)(CCC(O)C4(C)C)C3=CCC12C. The Morgan fingerprint density at radius 1 is 0.969 bits per heavy atom. The topological polar surface area (TPSA) is 20.2 Å². The average Bonchev–Trinajstić information content (AvgIpc) is 3.00. The molecule has 3 fully saturated rings. The molecule has 1 nitrogen and oxygen atoms in total. The third kappa shape index (κ3) is 3.34. The van der Waals surface area contributed by atoms with Crippen molar-refractivity contribution in [1.29, 1.82) is 0 Å². The molecule has 1 heteroatoms. The van der Waals surface area contributed by atoms with Gasteiger partial charge in [-0.1, -0.05) is 64.3 Å². The summed E-state index contributed by atoms with van der Waals surface area (Å²) >= 11 is 0. The number of rotatable bonds is 4. The normalized spacial score (nSPS) is 45.9. The van der Waals surface area contributed by atoms with E-state index >= 15 is 0 Å². The van der Waals surface area contributed by atoms with Gasteiger partial charge in [-0.25, -0.2) is 0 Å². The van der Waals surface area contributed by atoms with Crippen LogP contribution in [-0.2, 0) is 0 Å². The lowest BCUT2D eigenvalue weighted by molar-refractivity contribution is -0.118. The van der Waals surface area contributed by atoms with Crippen molar-refractivity contribution in [3.8, 4) is 0 Å². The molecule has 0 spiro atoms. The molecule has 0 saturated heterocycles. The highest BCUT2D eigenvalue weighted by atomic mass is 16.3. The lowest BCUT2D eigenvalue weighted by Crippen LogP contribution is -2.57. The Hall–Kier alpha value is -0.560. The van der Waals surface area contributed by atoms with Gasteiger partial charge in [0.1, 0.15) is 0 Å². The molecule has 4 aliphatic carbocycles. The molecule has 8 atom stereocenters. The second-order valence-electron chi connectivity index (χ2n) is 14.1. The number of aliphatic hydroxyl groups excluding tert-OH is 1. The van der Waals surface area contributed by atoms with Crippen molar-refractivity contribution in [2.75, 3.05) is 0 Å². The van der Waals surface area contributed by atoms with E-state index < -0.39 is 0 Å². The van der Waals surface area contributed by atoms with Gasteiger partial charge in [-0.2, -0.15) is 0 Å². The fraction of sp³-hybridized carbons (Fsp3) is 0.871. The summed E-state index contributed by atoms with van der Waals surface area (Å²) in [6.07, 6.45) is 14.1. The summed E-state index contributed by atoms with van der Waals surface area (Å²) in [6, 6.07) is 0. The maximum Gasteiger partial charge on any atom is 0.0594 e. The van der Waals surface area contributed by atoms with Crippen molar-refractivity contribution >= 4 is 0 Å². The van der Waals surface area contributed by atoms with Crippen molar-refractivity contribution in [2.45, 2.75) is 126 Å². The van der Waals surface area contributed by atoms with Crippen LogP contribution in [0.15, 0.2) is 22.8 Å². The highest BCUT2D eigenvalue weighted by Gasteiger charge is 2.65. The molecule has 0 bridgehead atoms. The molecule has 0 radical (unpaired) electrons. The van der Waals surface area contributed by atoms with Gasteiger partial charge in [0, 0.05) is 0 Å². The molecular formula is C31H52O. The highest BCUT2D eigenvalue weighted by Crippen LogP contribution is 2.73. The number of allylic oxidation sites excluding steroid dienone is 4. The third-order valence-corrected chi connectivity index (χ3v) is 12.4. The lowest BCUT2D eigenvalue weighted by atomic mass is 9.41. The van der Waals surface area contributed by atoms with Crippen molar-refractivity contribution < 1.29 is 5.11 Å². The van der Waals surface area contributed by atoms with Crippen LogP contribution in [0.2, 0.25) is 0 Å². The van der Waals surface area contributed by atoms with E-state index in [0.29, 0.717) is 22.2 Å². The summed E-state index contributed by atoms with van der Waals surface area (Å²) < 4.78 is 0. The summed E-state index contributed by atoms with van der Waals surface area (Å²) in [5.74, 6) is 3.04. The molecule has 0 amide bonds. The standard InChI is InChI=1S/C31H52O/c1-20(2)21(3)10-11-22(4)23-14-18-31(9)25-12-13-26-28(5,6)27(32)16-17-29(26,7)24(25)15-19-30(23,31)8/h15,22-23,25-27,32H,10-14,16-19H2,1-9H3. The largest absolute Gasteiger partial charge is 0.393 e. The van der Waals surface area contributed by atoms with Crippen LogP contribution in [0.3, 0.4) is 0 Å². The van der Waals surface area contributed by atoms with Crippen molar-refractivity contribution in [3.63, 3.8) is 0 Å². The van der Waals surface area contributed by atoms with Gasteiger partial charge in [0.2, 0.25) is 0 Å². The Balaban J connectivity index is 1.62. The predicted molar refractivity (Wildman–Crippen MR) is 137 cm³/mol. The zero-order chi connectivity index (χ0) is 23.7. The minimum absolute atomic E-state index is 0.0377. The van der Waals surface area contributed by atoms with Crippen LogP contribution in [0.1, 0.15) is 120 Å². The Morgan fingerprint density at radius 3 is 2.31 bits per heavy atom. The van der Waals surface area contributed by atoms with E-state index in [1.165, 1.54) is 56.9 Å². The monoisotopic (exact) mass is 440 g/mol. The molecule has 182 valence electrons. The van der Waals surface area contributed by atoms with Crippen LogP contribution in [0, 0.1) is 45.3 Å². The maximum atomic E-state index is 10.8. The summed E-state index contributed by atoms with van der Waals surface area (Å²) in [5, 5.41) is 10.8. The van der Waals surface area contributed by atoms with Gasteiger partial charge in [0.05, 0.1) is 6.10 Å². The molecule has 0 heterocycles. The van der Waals surface area contributed by atoms with Crippen molar-refractivity contribution in [2.24, 2.45) is 45.3 Å². The van der Waals surface area contributed by atoms with Gasteiger partial charge in [0.25, 0.3) is 0 Å². The van der Waals surface area contributed by atoms with E-state index in [9.17, 15) is 5.11 Å².